The number of carbonyl (C=O) groups is 2. The van der Waals surface area contributed by atoms with Crippen molar-refractivity contribution in [1.82, 2.24) is 0 Å². The molecule has 0 spiro atoms. The summed E-state index contributed by atoms with van der Waals surface area (Å²) >= 11 is 1.49. The average Bonchev–Trinajstić information content (AvgIpc) is 3.16. The van der Waals surface area contributed by atoms with Crippen molar-refractivity contribution in [2.24, 2.45) is 23.5 Å². The van der Waals surface area contributed by atoms with E-state index < -0.39 is 0 Å². The molecule has 4 unspecified atom stereocenters. The number of hydrogen-bond acceptors (Lipinski definition) is 5. The Hall–Kier alpha value is -1.24. The summed E-state index contributed by atoms with van der Waals surface area (Å²) in [7, 11) is 1.39. The van der Waals surface area contributed by atoms with Gasteiger partial charge in [-0.1, -0.05) is 12.1 Å². The van der Waals surface area contributed by atoms with E-state index in [0.717, 1.165) is 24.1 Å². The number of anilines is 1. The Bertz CT molecular complexity index is 626. The van der Waals surface area contributed by atoms with Gasteiger partial charge in [0.2, 0.25) is 5.91 Å². The number of fused-ring (bicyclic) bond motifs is 2. The van der Waals surface area contributed by atoms with Gasteiger partial charge in [0.05, 0.1) is 18.8 Å². The van der Waals surface area contributed by atoms with Crippen LogP contribution in [0.15, 0.2) is 24.3 Å². The SMILES string of the molecule is COC(=O)CSCc1cccc(NC(=O)C2C3CCC(C3)C2N)c1.Cl. The molecule has 2 aliphatic rings. The quantitative estimate of drug-likeness (QED) is 0.737. The molecule has 0 aromatic heterocycles. The second-order valence-electron chi connectivity index (χ2n) is 6.69. The van der Waals surface area contributed by atoms with Crippen LogP contribution in [0.1, 0.15) is 24.8 Å². The van der Waals surface area contributed by atoms with Crippen molar-refractivity contribution in [3.8, 4) is 0 Å². The number of nitrogens with one attached hydrogen (secondary N) is 1. The number of carbonyl (C=O) groups excluding carboxylic acids is 2. The summed E-state index contributed by atoms with van der Waals surface area (Å²) in [6.07, 6.45) is 3.40. The molecule has 25 heavy (non-hydrogen) atoms. The minimum atomic E-state index is -0.227. The second kappa shape index (κ2) is 8.92. The van der Waals surface area contributed by atoms with Crippen molar-refractivity contribution in [2.45, 2.75) is 31.1 Å². The Morgan fingerprint density at radius 1 is 1.32 bits per heavy atom. The maximum atomic E-state index is 12.6. The molecule has 2 fully saturated rings. The smallest absolute Gasteiger partial charge is 0.315 e. The van der Waals surface area contributed by atoms with Crippen LogP contribution in [-0.4, -0.2) is 30.8 Å². The summed E-state index contributed by atoms with van der Waals surface area (Å²) in [5.41, 5.74) is 8.11. The van der Waals surface area contributed by atoms with Gasteiger partial charge in [0.15, 0.2) is 0 Å². The Morgan fingerprint density at radius 3 is 2.76 bits per heavy atom. The van der Waals surface area contributed by atoms with Crippen molar-refractivity contribution in [2.75, 3.05) is 18.2 Å². The van der Waals surface area contributed by atoms with Crippen LogP contribution in [0.4, 0.5) is 5.69 Å². The number of esters is 1. The van der Waals surface area contributed by atoms with Crippen molar-refractivity contribution >= 4 is 41.7 Å². The molecule has 0 radical (unpaired) electrons. The number of amides is 1. The summed E-state index contributed by atoms with van der Waals surface area (Å²) in [5, 5.41) is 3.03. The van der Waals surface area contributed by atoms with Gasteiger partial charge in [-0.25, -0.2) is 0 Å². The first-order valence-electron chi connectivity index (χ1n) is 8.38. The molecule has 5 nitrogen and oxygen atoms in total. The molecule has 3 N–H and O–H groups in total. The summed E-state index contributed by atoms with van der Waals surface area (Å²) in [6.45, 7) is 0. The topological polar surface area (TPSA) is 81.4 Å². The highest BCUT2D eigenvalue weighted by Gasteiger charge is 2.49. The normalized spacial score (nSPS) is 26.8. The number of nitrogens with two attached hydrogens (primary N) is 1. The van der Waals surface area contributed by atoms with E-state index >= 15 is 0 Å². The highest BCUT2D eigenvalue weighted by atomic mass is 35.5. The summed E-state index contributed by atoms with van der Waals surface area (Å²) in [4.78, 5) is 23.8. The highest BCUT2D eigenvalue weighted by molar-refractivity contribution is 7.99. The molecule has 1 aromatic carbocycles. The summed E-state index contributed by atoms with van der Waals surface area (Å²) < 4.78 is 4.63. The average molecular weight is 385 g/mol. The molecular formula is C18H25ClN2O3S. The molecule has 3 rings (SSSR count). The molecule has 2 bridgehead atoms. The Balaban J connectivity index is 0.00000225. The Labute approximate surface area is 158 Å². The van der Waals surface area contributed by atoms with E-state index in [1.165, 1.54) is 25.3 Å². The van der Waals surface area contributed by atoms with Gasteiger partial charge >= 0.3 is 5.97 Å². The first-order chi connectivity index (χ1) is 11.6. The maximum absolute atomic E-state index is 12.6. The van der Waals surface area contributed by atoms with Crippen LogP contribution in [0.5, 0.6) is 0 Å². The van der Waals surface area contributed by atoms with E-state index in [1.54, 1.807) is 0 Å². The zero-order valence-corrected chi connectivity index (χ0v) is 15.9. The van der Waals surface area contributed by atoms with Gasteiger partial charge in [-0.2, -0.15) is 0 Å². The molecule has 2 aliphatic carbocycles. The predicted molar refractivity (Wildman–Crippen MR) is 103 cm³/mol. The molecule has 0 heterocycles. The van der Waals surface area contributed by atoms with Crippen LogP contribution >= 0.6 is 24.2 Å². The van der Waals surface area contributed by atoms with E-state index in [2.05, 4.69) is 10.1 Å². The summed E-state index contributed by atoms with van der Waals surface area (Å²) in [5.74, 6) is 1.76. The number of halogens is 1. The number of hydrogen-bond donors (Lipinski definition) is 2. The molecule has 0 aliphatic heterocycles. The van der Waals surface area contributed by atoms with Gasteiger partial charge in [-0.15, -0.1) is 24.2 Å². The first kappa shape index (κ1) is 20.1. The number of ether oxygens (including phenoxy) is 1. The van der Waals surface area contributed by atoms with E-state index in [0.29, 0.717) is 23.3 Å². The zero-order valence-electron chi connectivity index (χ0n) is 14.3. The highest BCUT2D eigenvalue weighted by Crippen LogP contribution is 2.47. The van der Waals surface area contributed by atoms with Crippen molar-refractivity contribution in [3.63, 3.8) is 0 Å². The molecule has 4 atom stereocenters. The third-order valence-electron chi connectivity index (χ3n) is 5.19. The third kappa shape index (κ3) is 4.68. The Morgan fingerprint density at radius 2 is 2.08 bits per heavy atom. The largest absolute Gasteiger partial charge is 0.468 e. The monoisotopic (exact) mass is 384 g/mol. The van der Waals surface area contributed by atoms with Gasteiger partial charge in [0.1, 0.15) is 0 Å². The predicted octanol–water partition coefficient (Wildman–Crippen LogP) is 2.83. The van der Waals surface area contributed by atoms with Gasteiger partial charge in [0, 0.05) is 17.5 Å². The lowest BCUT2D eigenvalue weighted by Gasteiger charge is -2.27. The molecule has 138 valence electrons. The lowest BCUT2D eigenvalue weighted by atomic mass is 9.84. The molecule has 1 aromatic rings. The third-order valence-corrected chi connectivity index (χ3v) is 6.17. The lowest BCUT2D eigenvalue weighted by molar-refractivity contribution is -0.137. The van der Waals surface area contributed by atoms with Crippen LogP contribution < -0.4 is 11.1 Å². The number of methoxy groups -OCH3 is 1. The molecule has 2 saturated carbocycles. The molecule has 1 amide bonds. The van der Waals surface area contributed by atoms with Crippen molar-refractivity contribution in [1.29, 1.82) is 0 Å². The van der Waals surface area contributed by atoms with E-state index in [1.807, 2.05) is 24.3 Å². The fourth-order valence-electron chi connectivity index (χ4n) is 4.00. The molecule has 7 heteroatoms. The summed E-state index contributed by atoms with van der Waals surface area (Å²) in [6, 6.07) is 7.77. The van der Waals surface area contributed by atoms with E-state index in [-0.39, 0.29) is 36.2 Å². The lowest BCUT2D eigenvalue weighted by Crippen LogP contribution is -2.42. The van der Waals surface area contributed by atoms with Crippen LogP contribution in [0.3, 0.4) is 0 Å². The first-order valence-corrected chi connectivity index (χ1v) is 9.54. The number of benzene rings is 1. The van der Waals surface area contributed by atoms with Crippen molar-refractivity contribution < 1.29 is 14.3 Å². The standard InChI is InChI=1S/C18H24N2O3S.ClH/c1-23-15(21)10-24-9-11-3-2-4-14(7-11)20-18(22)16-12-5-6-13(8-12)17(16)19;/h2-4,7,12-13,16-17H,5-6,8-10,19H2,1H3,(H,20,22);1H. The number of thioether (sulfide) groups is 1. The Kier molecular flexibility index (Phi) is 7.16. The minimum Gasteiger partial charge on any atom is -0.468 e. The van der Waals surface area contributed by atoms with Crippen molar-refractivity contribution in [3.05, 3.63) is 29.8 Å². The maximum Gasteiger partial charge on any atom is 0.315 e. The van der Waals surface area contributed by atoms with Gasteiger partial charge in [0.25, 0.3) is 0 Å². The van der Waals surface area contributed by atoms with Crippen LogP contribution in [-0.2, 0) is 20.1 Å². The molecular weight excluding hydrogens is 360 g/mol. The minimum absolute atomic E-state index is 0. The van der Waals surface area contributed by atoms with Gasteiger partial charge in [-0.3, -0.25) is 9.59 Å². The van der Waals surface area contributed by atoms with Crippen LogP contribution in [0.2, 0.25) is 0 Å². The van der Waals surface area contributed by atoms with Crippen LogP contribution in [0, 0.1) is 17.8 Å². The fraction of sp³-hybridized carbons (Fsp3) is 0.556. The number of rotatable bonds is 6. The van der Waals surface area contributed by atoms with Gasteiger partial charge < -0.3 is 15.8 Å². The van der Waals surface area contributed by atoms with Gasteiger partial charge in [-0.05, 0) is 48.8 Å². The molecule has 0 saturated heterocycles. The fourth-order valence-corrected chi connectivity index (χ4v) is 4.80. The van der Waals surface area contributed by atoms with E-state index in [9.17, 15) is 9.59 Å². The zero-order chi connectivity index (χ0) is 17.1. The van der Waals surface area contributed by atoms with E-state index in [4.69, 9.17) is 5.73 Å². The second-order valence-corrected chi connectivity index (χ2v) is 7.68. The van der Waals surface area contributed by atoms with Crippen LogP contribution in [0.25, 0.3) is 0 Å².